The molecule has 0 spiro atoms. The number of fused-ring (bicyclic) bond motifs is 1. The molecule has 1 aliphatic heterocycles. The molecule has 1 saturated heterocycles. The number of halogens is 1. The van der Waals surface area contributed by atoms with Gasteiger partial charge in [0, 0.05) is 36.8 Å². The zero-order valence-corrected chi connectivity index (χ0v) is 17.2. The van der Waals surface area contributed by atoms with Crippen LogP contribution in [0, 0.1) is 0 Å². The number of likely N-dealkylation sites (tertiary alicyclic amines) is 1. The molecule has 2 atom stereocenters. The summed E-state index contributed by atoms with van der Waals surface area (Å²) in [5.41, 5.74) is 6.86. The van der Waals surface area contributed by atoms with E-state index >= 15 is 0 Å². The number of nitrogens with one attached hydrogen (secondary N) is 2. The second-order valence-electron chi connectivity index (χ2n) is 7.22. The summed E-state index contributed by atoms with van der Waals surface area (Å²) in [6.07, 6.45) is 1.35. The van der Waals surface area contributed by atoms with E-state index in [0.717, 1.165) is 16.5 Å². The van der Waals surface area contributed by atoms with Gasteiger partial charge in [-0.15, -0.1) is 0 Å². The quantitative estimate of drug-likeness (QED) is 0.443. The summed E-state index contributed by atoms with van der Waals surface area (Å²) in [5.74, 6) is -0.721. The summed E-state index contributed by atoms with van der Waals surface area (Å²) >= 11 is 6.13. The third-order valence-corrected chi connectivity index (χ3v) is 5.49. The van der Waals surface area contributed by atoms with E-state index in [1.54, 1.807) is 6.20 Å². The molecule has 2 unspecified atom stereocenters. The lowest BCUT2D eigenvalue weighted by atomic mass is 9.99. The summed E-state index contributed by atoms with van der Waals surface area (Å²) in [5, 5.41) is 13.2. The number of aliphatic hydroxyl groups excluding tert-OH is 1. The van der Waals surface area contributed by atoms with Crippen molar-refractivity contribution < 1.29 is 24.2 Å². The molecule has 0 radical (unpaired) electrons. The fourth-order valence-electron chi connectivity index (χ4n) is 3.47. The molecule has 1 fully saturated rings. The van der Waals surface area contributed by atoms with Crippen molar-refractivity contribution in [2.24, 2.45) is 5.73 Å². The highest BCUT2D eigenvalue weighted by atomic mass is 35.5. The minimum atomic E-state index is -1.05. The third kappa shape index (κ3) is 5.03. The van der Waals surface area contributed by atoms with Crippen molar-refractivity contribution in [3.63, 3.8) is 0 Å². The summed E-state index contributed by atoms with van der Waals surface area (Å²) in [4.78, 5) is 40.9. The number of carbonyl (C=O) groups is 3. The fraction of sp³-hybridized carbons (Fsp3) is 0.450. The predicted molar refractivity (Wildman–Crippen MR) is 111 cm³/mol. The summed E-state index contributed by atoms with van der Waals surface area (Å²) in [6.45, 7) is 0.680. The van der Waals surface area contributed by atoms with Crippen LogP contribution < -0.4 is 11.1 Å². The van der Waals surface area contributed by atoms with Gasteiger partial charge in [0.25, 0.3) is 5.91 Å². The molecule has 3 amide bonds. The summed E-state index contributed by atoms with van der Waals surface area (Å²) in [6, 6.07) is 5.06. The average Bonchev–Trinajstić information content (AvgIpc) is 3.05. The van der Waals surface area contributed by atoms with Gasteiger partial charge in [-0.05, 0) is 43.4 Å². The first-order valence-corrected chi connectivity index (χ1v) is 10.2. The number of nitrogens with zero attached hydrogens (tertiary/aromatic N) is 1. The molecule has 9 nitrogen and oxygen atoms in total. The van der Waals surface area contributed by atoms with Gasteiger partial charge >= 0.3 is 6.09 Å². The van der Waals surface area contributed by atoms with Crippen LogP contribution in [0.5, 0.6) is 0 Å². The van der Waals surface area contributed by atoms with Crippen LogP contribution >= 0.6 is 11.6 Å². The van der Waals surface area contributed by atoms with Gasteiger partial charge < -0.3 is 30.8 Å². The number of nitrogens with two attached hydrogens (primary N) is 1. The van der Waals surface area contributed by atoms with Gasteiger partial charge in [-0.2, -0.15) is 0 Å². The van der Waals surface area contributed by atoms with Crippen LogP contribution in [0.25, 0.3) is 10.9 Å². The highest BCUT2D eigenvalue weighted by molar-refractivity contribution is 6.35. The maximum absolute atomic E-state index is 12.7. The molecule has 1 aliphatic rings. The smallest absolute Gasteiger partial charge is 0.405 e. The summed E-state index contributed by atoms with van der Waals surface area (Å²) < 4.78 is 4.94. The van der Waals surface area contributed by atoms with E-state index < -0.39 is 24.1 Å². The highest BCUT2D eigenvalue weighted by Crippen LogP contribution is 2.24. The number of hydrogen-bond acceptors (Lipinski definition) is 5. The van der Waals surface area contributed by atoms with Crippen molar-refractivity contribution in [1.82, 2.24) is 15.2 Å². The number of benzene rings is 1. The number of aromatic nitrogens is 1. The van der Waals surface area contributed by atoms with Crippen molar-refractivity contribution in [3.05, 3.63) is 35.0 Å². The molecule has 30 heavy (non-hydrogen) atoms. The predicted octanol–water partition coefficient (Wildman–Crippen LogP) is 1.66. The van der Waals surface area contributed by atoms with Crippen molar-refractivity contribution >= 4 is 40.4 Å². The maximum Gasteiger partial charge on any atom is 0.405 e. The Labute approximate surface area is 178 Å². The Hall–Kier alpha value is -2.78. The van der Waals surface area contributed by atoms with Gasteiger partial charge in [-0.1, -0.05) is 17.7 Å². The zero-order chi connectivity index (χ0) is 21.7. The first-order chi connectivity index (χ1) is 14.4. The molecule has 1 aromatic carbocycles. The van der Waals surface area contributed by atoms with Gasteiger partial charge in [-0.3, -0.25) is 9.59 Å². The largest absolute Gasteiger partial charge is 0.436 e. The van der Waals surface area contributed by atoms with E-state index in [1.165, 1.54) is 4.90 Å². The minimum Gasteiger partial charge on any atom is -0.436 e. The number of aliphatic hydroxyl groups is 1. The van der Waals surface area contributed by atoms with Crippen LogP contribution in [0.4, 0.5) is 4.79 Å². The van der Waals surface area contributed by atoms with Crippen LogP contribution in [0.1, 0.15) is 31.2 Å². The van der Waals surface area contributed by atoms with Crippen LogP contribution in [-0.2, 0) is 20.9 Å². The number of H-pyrrole nitrogens is 1. The maximum atomic E-state index is 12.7. The van der Waals surface area contributed by atoms with Crippen molar-refractivity contribution in [2.45, 2.75) is 44.4 Å². The van der Waals surface area contributed by atoms with E-state index in [0.29, 0.717) is 37.4 Å². The second-order valence-corrected chi connectivity index (χ2v) is 7.62. The molecule has 3 rings (SSSR count). The molecular formula is C20H25ClN4O5. The lowest BCUT2D eigenvalue weighted by Gasteiger charge is -2.41. The Kier molecular flexibility index (Phi) is 7.17. The molecule has 1 aromatic heterocycles. The number of unbranched alkanes of at least 4 members (excludes halogenated alkanes) is 1. The van der Waals surface area contributed by atoms with Gasteiger partial charge in [-0.25, -0.2) is 4.79 Å². The lowest BCUT2D eigenvalue weighted by molar-refractivity contribution is -0.154. The van der Waals surface area contributed by atoms with Crippen molar-refractivity contribution in [1.29, 1.82) is 0 Å². The molecule has 5 N–H and O–H groups in total. The number of amides is 3. The number of carbonyl (C=O) groups excluding carboxylic acids is 3. The minimum absolute atomic E-state index is 0.0218. The number of aromatic amines is 1. The molecule has 0 bridgehead atoms. The van der Waals surface area contributed by atoms with Crippen LogP contribution in [0.3, 0.4) is 0 Å². The van der Waals surface area contributed by atoms with E-state index in [2.05, 4.69) is 10.3 Å². The van der Waals surface area contributed by atoms with E-state index in [4.69, 9.17) is 27.2 Å². The van der Waals surface area contributed by atoms with E-state index in [1.807, 2.05) is 18.2 Å². The normalized spacial score (nSPS) is 16.7. The highest BCUT2D eigenvalue weighted by Gasteiger charge is 2.41. The van der Waals surface area contributed by atoms with Crippen molar-refractivity contribution in [2.75, 3.05) is 13.2 Å². The molecular weight excluding hydrogens is 412 g/mol. The molecule has 162 valence electrons. The molecule has 2 aromatic rings. The summed E-state index contributed by atoms with van der Waals surface area (Å²) in [7, 11) is 0. The van der Waals surface area contributed by atoms with Crippen molar-refractivity contribution in [3.8, 4) is 0 Å². The standard InChI is InChI=1S/C20H25ClN4O5/c21-14-11-23-15-5-4-12(9-13(14)15)10-24-18(27)16-6-7-25(16)19(28)17(30-20(22)29)3-1-2-8-26/h4-5,9,11,16-17,23,26H,1-3,6-8,10H2,(H2,22,29)(H,24,27). The Morgan fingerprint density at radius 2 is 2.17 bits per heavy atom. The third-order valence-electron chi connectivity index (χ3n) is 5.18. The molecule has 0 saturated carbocycles. The van der Waals surface area contributed by atoms with Crippen LogP contribution in [-0.4, -0.2) is 58.2 Å². The zero-order valence-electron chi connectivity index (χ0n) is 16.4. The number of ether oxygens (including phenoxy) is 1. The van der Waals surface area contributed by atoms with Gasteiger partial charge in [0.15, 0.2) is 6.10 Å². The Balaban J connectivity index is 1.57. The van der Waals surface area contributed by atoms with Gasteiger partial charge in [0.05, 0.1) is 5.02 Å². The molecule has 10 heteroatoms. The van der Waals surface area contributed by atoms with E-state index in [9.17, 15) is 14.4 Å². The Bertz CT molecular complexity index is 931. The lowest BCUT2D eigenvalue weighted by Crippen LogP contribution is -2.60. The number of rotatable bonds is 9. The monoisotopic (exact) mass is 436 g/mol. The Morgan fingerprint density at radius 3 is 2.83 bits per heavy atom. The van der Waals surface area contributed by atoms with Gasteiger partial charge in [0.2, 0.25) is 5.91 Å². The fourth-order valence-corrected chi connectivity index (χ4v) is 3.68. The second kappa shape index (κ2) is 9.82. The molecule has 2 heterocycles. The SMILES string of the molecule is NC(=O)OC(CCCCO)C(=O)N1CCC1C(=O)NCc1ccc2[nH]cc(Cl)c2c1. The molecule has 0 aliphatic carbocycles. The first kappa shape index (κ1) is 21.9. The van der Waals surface area contributed by atoms with Crippen LogP contribution in [0.15, 0.2) is 24.4 Å². The first-order valence-electron chi connectivity index (χ1n) is 9.81. The van der Waals surface area contributed by atoms with Crippen LogP contribution in [0.2, 0.25) is 5.02 Å². The Morgan fingerprint density at radius 1 is 1.37 bits per heavy atom. The van der Waals surface area contributed by atoms with E-state index in [-0.39, 0.29) is 18.9 Å². The topological polar surface area (TPSA) is 138 Å². The van der Waals surface area contributed by atoms with Gasteiger partial charge in [0.1, 0.15) is 6.04 Å². The number of primary amides is 1. The average molecular weight is 437 g/mol. The number of hydrogen-bond donors (Lipinski definition) is 4.